The molecule has 1 unspecified atom stereocenters. The molecular formula is C14H13BrN2O. The topological polar surface area (TPSA) is 42.0 Å². The summed E-state index contributed by atoms with van der Waals surface area (Å²) in [5.74, 6) is -0.168. The molecule has 0 fully saturated rings. The van der Waals surface area contributed by atoms with Gasteiger partial charge in [-0.05, 0) is 40.5 Å². The second-order valence-corrected chi connectivity index (χ2v) is 4.88. The van der Waals surface area contributed by atoms with Crippen molar-refractivity contribution in [1.82, 2.24) is 10.3 Å². The largest absolute Gasteiger partial charge is 0.344 e. The minimum absolute atomic E-state index is 0.0378. The lowest BCUT2D eigenvalue weighted by molar-refractivity contribution is 0.0935. The molecule has 92 valence electrons. The fraction of sp³-hybridized carbons (Fsp3) is 0.143. The molecule has 0 aliphatic rings. The number of halogens is 1. The summed E-state index contributed by atoms with van der Waals surface area (Å²) in [7, 11) is 0. The van der Waals surface area contributed by atoms with Gasteiger partial charge in [-0.15, -0.1) is 0 Å². The van der Waals surface area contributed by atoms with Gasteiger partial charge in [0.15, 0.2) is 0 Å². The Bertz CT molecular complexity index is 525. The molecule has 1 heterocycles. The second-order valence-electron chi connectivity index (χ2n) is 3.97. The molecule has 0 aliphatic carbocycles. The highest BCUT2D eigenvalue weighted by atomic mass is 79.9. The van der Waals surface area contributed by atoms with Gasteiger partial charge < -0.3 is 5.32 Å². The summed E-state index contributed by atoms with van der Waals surface area (Å²) in [6, 6.07) is 13.3. The number of hydrogen-bond acceptors (Lipinski definition) is 2. The quantitative estimate of drug-likeness (QED) is 0.945. The van der Waals surface area contributed by atoms with Gasteiger partial charge in [0.1, 0.15) is 5.69 Å². The number of pyridine rings is 1. The number of aromatic nitrogens is 1. The van der Waals surface area contributed by atoms with E-state index < -0.39 is 0 Å². The van der Waals surface area contributed by atoms with E-state index in [0.29, 0.717) is 5.69 Å². The van der Waals surface area contributed by atoms with Crippen LogP contribution in [-0.2, 0) is 0 Å². The molecule has 1 amide bonds. The van der Waals surface area contributed by atoms with Crippen molar-refractivity contribution in [3.63, 3.8) is 0 Å². The summed E-state index contributed by atoms with van der Waals surface area (Å²) in [4.78, 5) is 16.0. The molecule has 3 nitrogen and oxygen atoms in total. The van der Waals surface area contributed by atoms with E-state index >= 15 is 0 Å². The Morgan fingerprint density at radius 3 is 2.56 bits per heavy atom. The van der Waals surface area contributed by atoms with Crippen LogP contribution in [0.4, 0.5) is 0 Å². The first kappa shape index (κ1) is 12.8. The average molecular weight is 305 g/mol. The summed E-state index contributed by atoms with van der Waals surface area (Å²) < 4.78 is 0.857. The Morgan fingerprint density at radius 1 is 1.22 bits per heavy atom. The summed E-state index contributed by atoms with van der Waals surface area (Å²) in [6.45, 7) is 1.95. The molecule has 0 saturated carbocycles. The van der Waals surface area contributed by atoms with Crippen LogP contribution in [0.2, 0.25) is 0 Å². The van der Waals surface area contributed by atoms with Crippen molar-refractivity contribution in [2.75, 3.05) is 0 Å². The fourth-order valence-electron chi connectivity index (χ4n) is 1.61. The molecule has 1 aromatic carbocycles. The first-order chi connectivity index (χ1) is 8.66. The summed E-state index contributed by atoms with van der Waals surface area (Å²) in [5.41, 5.74) is 1.49. The molecule has 0 aliphatic heterocycles. The van der Waals surface area contributed by atoms with Crippen LogP contribution in [0, 0.1) is 0 Å². The molecule has 2 aromatic rings. The van der Waals surface area contributed by atoms with Gasteiger partial charge in [0.05, 0.1) is 6.04 Å². The normalized spacial score (nSPS) is 11.9. The monoisotopic (exact) mass is 304 g/mol. The molecule has 0 radical (unpaired) electrons. The van der Waals surface area contributed by atoms with Crippen LogP contribution in [0.1, 0.15) is 29.0 Å². The van der Waals surface area contributed by atoms with Crippen LogP contribution in [-0.4, -0.2) is 10.9 Å². The molecule has 0 spiro atoms. The molecule has 18 heavy (non-hydrogen) atoms. The van der Waals surface area contributed by atoms with Crippen molar-refractivity contribution >= 4 is 21.8 Å². The Balaban J connectivity index is 2.06. The van der Waals surface area contributed by atoms with Gasteiger partial charge in [-0.25, -0.2) is 4.98 Å². The lowest BCUT2D eigenvalue weighted by Gasteiger charge is -2.13. The van der Waals surface area contributed by atoms with E-state index in [-0.39, 0.29) is 11.9 Å². The van der Waals surface area contributed by atoms with E-state index in [9.17, 15) is 4.79 Å². The number of rotatable bonds is 3. The smallest absolute Gasteiger partial charge is 0.270 e. The highest BCUT2D eigenvalue weighted by Gasteiger charge is 2.11. The van der Waals surface area contributed by atoms with E-state index in [1.807, 2.05) is 37.3 Å². The standard InChI is InChI=1S/C14H13BrN2O/c1-10(11-5-3-2-4-6-11)17-14(18)13-8-7-12(15)9-16-13/h2-10H,1H3,(H,17,18). The maximum atomic E-state index is 12.0. The zero-order valence-electron chi connectivity index (χ0n) is 9.93. The molecule has 1 aromatic heterocycles. The molecule has 0 saturated heterocycles. The molecule has 0 bridgehead atoms. The Morgan fingerprint density at radius 2 is 1.94 bits per heavy atom. The Hall–Kier alpha value is -1.68. The third-order valence-electron chi connectivity index (χ3n) is 2.61. The second kappa shape index (κ2) is 5.78. The predicted octanol–water partition coefficient (Wildman–Crippen LogP) is 3.34. The SMILES string of the molecule is CC(NC(=O)c1ccc(Br)cn1)c1ccccc1. The van der Waals surface area contributed by atoms with E-state index in [0.717, 1.165) is 10.0 Å². The third kappa shape index (κ3) is 3.17. The lowest BCUT2D eigenvalue weighted by Crippen LogP contribution is -2.27. The van der Waals surface area contributed by atoms with Crippen molar-refractivity contribution in [2.45, 2.75) is 13.0 Å². The van der Waals surface area contributed by atoms with Crippen LogP contribution < -0.4 is 5.32 Å². The van der Waals surface area contributed by atoms with Gasteiger partial charge in [0.2, 0.25) is 0 Å². The highest BCUT2D eigenvalue weighted by Crippen LogP contribution is 2.12. The Labute approximate surface area is 114 Å². The lowest BCUT2D eigenvalue weighted by atomic mass is 10.1. The zero-order valence-corrected chi connectivity index (χ0v) is 11.5. The first-order valence-corrected chi connectivity index (χ1v) is 6.43. The third-order valence-corrected chi connectivity index (χ3v) is 3.08. The predicted molar refractivity (Wildman–Crippen MR) is 74.3 cm³/mol. The highest BCUT2D eigenvalue weighted by molar-refractivity contribution is 9.10. The number of hydrogen-bond donors (Lipinski definition) is 1. The van der Waals surface area contributed by atoms with Crippen molar-refractivity contribution in [1.29, 1.82) is 0 Å². The van der Waals surface area contributed by atoms with Crippen LogP contribution in [0.15, 0.2) is 53.1 Å². The minimum Gasteiger partial charge on any atom is -0.344 e. The van der Waals surface area contributed by atoms with Crippen molar-refractivity contribution in [3.8, 4) is 0 Å². The van der Waals surface area contributed by atoms with E-state index in [1.165, 1.54) is 0 Å². The van der Waals surface area contributed by atoms with Crippen LogP contribution >= 0.6 is 15.9 Å². The molecule has 1 atom stereocenters. The maximum Gasteiger partial charge on any atom is 0.270 e. The summed E-state index contributed by atoms with van der Waals surface area (Å²) >= 11 is 3.29. The number of benzene rings is 1. The van der Waals surface area contributed by atoms with Crippen molar-refractivity contribution in [2.24, 2.45) is 0 Å². The zero-order chi connectivity index (χ0) is 13.0. The maximum absolute atomic E-state index is 12.0. The van der Waals surface area contributed by atoms with Gasteiger partial charge >= 0.3 is 0 Å². The first-order valence-electron chi connectivity index (χ1n) is 5.64. The molecular weight excluding hydrogens is 292 g/mol. The van der Waals surface area contributed by atoms with Gasteiger partial charge in [0, 0.05) is 10.7 Å². The van der Waals surface area contributed by atoms with E-state index in [4.69, 9.17) is 0 Å². The number of nitrogens with zero attached hydrogens (tertiary/aromatic N) is 1. The van der Waals surface area contributed by atoms with Crippen LogP contribution in [0.5, 0.6) is 0 Å². The van der Waals surface area contributed by atoms with Gasteiger partial charge in [-0.1, -0.05) is 30.3 Å². The van der Waals surface area contributed by atoms with E-state index in [1.54, 1.807) is 18.3 Å². The summed E-state index contributed by atoms with van der Waals surface area (Å²) in [6.07, 6.45) is 1.61. The molecule has 4 heteroatoms. The van der Waals surface area contributed by atoms with Crippen LogP contribution in [0.3, 0.4) is 0 Å². The van der Waals surface area contributed by atoms with Crippen molar-refractivity contribution < 1.29 is 4.79 Å². The fourth-order valence-corrected chi connectivity index (χ4v) is 1.84. The minimum atomic E-state index is -0.168. The average Bonchev–Trinajstić information content (AvgIpc) is 2.40. The van der Waals surface area contributed by atoms with Crippen LogP contribution in [0.25, 0.3) is 0 Å². The number of carbonyl (C=O) groups is 1. The van der Waals surface area contributed by atoms with Crippen molar-refractivity contribution in [3.05, 3.63) is 64.4 Å². The molecule has 1 N–H and O–H groups in total. The summed E-state index contributed by atoms with van der Waals surface area (Å²) in [5, 5.41) is 2.92. The van der Waals surface area contributed by atoms with Gasteiger partial charge in [0.25, 0.3) is 5.91 Å². The Kier molecular flexibility index (Phi) is 4.10. The number of nitrogens with one attached hydrogen (secondary N) is 1. The van der Waals surface area contributed by atoms with Gasteiger partial charge in [-0.2, -0.15) is 0 Å². The number of amides is 1. The van der Waals surface area contributed by atoms with E-state index in [2.05, 4.69) is 26.2 Å². The van der Waals surface area contributed by atoms with Gasteiger partial charge in [-0.3, -0.25) is 4.79 Å². The number of carbonyl (C=O) groups excluding carboxylic acids is 1. The molecule has 2 rings (SSSR count).